The third-order valence-electron chi connectivity index (χ3n) is 3.56. The number of halogens is 1. The van der Waals surface area contributed by atoms with Gasteiger partial charge in [0.25, 0.3) is 0 Å². The molecule has 0 radical (unpaired) electrons. The molecule has 1 heterocycles. The van der Waals surface area contributed by atoms with E-state index in [4.69, 9.17) is 5.73 Å². The number of thiocarbonyl (C=S) groups is 1. The summed E-state index contributed by atoms with van der Waals surface area (Å²) in [6.07, 6.45) is 6.47. The third-order valence-corrected chi connectivity index (χ3v) is 3.65. The maximum absolute atomic E-state index is 14.1. The van der Waals surface area contributed by atoms with Gasteiger partial charge in [-0.05, 0) is 49.8 Å². The minimum absolute atomic E-state index is 0.0875. The Labute approximate surface area is 130 Å². The molecule has 6 heteroatoms. The van der Waals surface area contributed by atoms with Crippen molar-refractivity contribution in [3.8, 4) is 0 Å². The van der Waals surface area contributed by atoms with E-state index in [1.807, 2.05) is 12.1 Å². The molecule has 4 nitrogen and oxygen atoms in total. The number of rotatable bonds is 4. The predicted octanol–water partition coefficient (Wildman–Crippen LogP) is 2.37. The molecule has 0 aromatic heterocycles. The molecule has 1 saturated heterocycles. The van der Waals surface area contributed by atoms with Crippen LogP contribution in [-0.4, -0.2) is 29.3 Å². The van der Waals surface area contributed by atoms with Gasteiger partial charge in [-0.25, -0.2) is 4.39 Å². The van der Waals surface area contributed by atoms with E-state index < -0.39 is 0 Å². The van der Waals surface area contributed by atoms with E-state index in [-0.39, 0.29) is 10.9 Å². The van der Waals surface area contributed by atoms with Crippen molar-refractivity contribution in [1.82, 2.24) is 10.3 Å². The molecule has 0 bridgehead atoms. The first kappa shape index (κ1) is 15.9. The van der Waals surface area contributed by atoms with Gasteiger partial charge < -0.3 is 5.73 Å². The van der Waals surface area contributed by atoms with Crippen LogP contribution in [0.3, 0.4) is 0 Å². The van der Waals surface area contributed by atoms with Crippen LogP contribution in [0, 0.1) is 5.82 Å². The van der Waals surface area contributed by atoms with Gasteiger partial charge in [-0.3, -0.25) is 10.3 Å². The van der Waals surface area contributed by atoms with E-state index in [1.54, 1.807) is 0 Å². The highest BCUT2D eigenvalue weighted by atomic mass is 32.1. The second kappa shape index (κ2) is 8.05. The van der Waals surface area contributed by atoms with Gasteiger partial charge >= 0.3 is 0 Å². The highest BCUT2D eigenvalue weighted by molar-refractivity contribution is 7.80. The van der Waals surface area contributed by atoms with Gasteiger partial charge in [0.1, 0.15) is 5.82 Å². The van der Waals surface area contributed by atoms with Crippen molar-refractivity contribution in [3.05, 3.63) is 35.1 Å². The second-order valence-electron chi connectivity index (χ2n) is 5.28. The lowest BCUT2D eigenvalue weighted by atomic mass is 10.1. The van der Waals surface area contributed by atoms with E-state index in [0.717, 1.165) is 18.7 Å². The van der Waals surface area contributed by atoms with E-state index in [1.165, 1.54) is 38.0 Å². The first-order valence-electron chi connectivity index (χ1n) is 7.24. The number of hydrogen-bond acceptors (Lipinski definition) is 3. The minimum atomic E-state index is -0.196. The second-order valence-corrected chi connectivity index (χ2v) is 5.72. The molecular weight excluding hydrogens is 287 g/mol. The van der Waals surface area contributed by atoms with E-state index in [2.05, 4.69) is 27.6 Å². The average molecular weight is 308 g/mol. The molecule has 0 saturated carbocycles. The molecule has 0 spiro atoms. The maximum Gasteiger partial charge on any atom is 0.184 e. The normalized spacial score (nSPS) is 16.8. The fourth-order valence-electron chi connectivity index (χ4n) is 2.48. The molecule has 0 aliphatic carbocycles. The molecule has 1 aliphatic rings. The van der Waals surface area contributed by atoms with Crippen molar-refractivity contribution in [2.24, 2.45) is 10.8 Å². The smallest absolute Gasteiger partial charge is 0.184 e. The Morgan fingerprint density at radius 2 is 2.05 bits per heavy atom. The van der Waals surface area contributed by atoms with Crippen LogP contribution in [-0.2, 0) is 6.54 Å². The standard InChI is InChI=1S/C15H21FN4S/c16-14-9-12(10-18-19-15(17)21)5-6-13(14)11-20-7-3-1-2-4-8-20/h5-6,9-10H,1-4,7-8,11H2,(H3,17,19,21). The predicted molar refractivity (Wildman–Crippen MR) is 87.7 cm³/mol. The summed E-state index contributed by atoms with van der Waals surface area (Å²) in [5.74, 6) is -0.196. The van der Waals surface area contributed by atoms with Crippen LogP contribution in [0.2, 0.25) is 0 Å². The monoisotopic (exact) mass is 308 g/mol. The molecule has 1 fully saturated rings. The summed E-state index contributed by atoms with van der Waals surface area (Å²) in [7, 11) is 0. The fourth-order valence-corrected chi connectivity index (χ4v) is 2.53. The van der Waals surface area contributed by atoms with Crippen LogP contribution in [0.4, 0.5) is 4.39 Å². The van der Waals surface area contributed by atoms with Gasteiger partial charge in [-0.2, -0.15) is 5.10 Å². The summed E-state index contributed by atoms with van der Waals surface area (Å²) in [6.45, 7) is 2.79. The molecule has 1 aliphatic heterocycles. The first-order valence-corrected chi connectivity index (χ1v) is 7.65. The SMILES string of the molecule is NC(=S)NN=Cc1ccc(CN2CCCCCC2)c(F)c1. The first-order chi connectivity index (χ1) is 10.1. The van der Waals surface area contributed by atoms with Crippen molar-refractivity contribution in [2.75, 3.05) is 13.1 Å². The van der Waals surface area contributed by atoms with Gasteiger partial charge in [0.05, 0.1) is 6.21 Å². The van der Waals surface area contributed by atoms with Crippen LogP contribution < -0.4 is 11.2 Å². The highest BCUT2D eigenvalue weighted by Gasteiger charge is 2.12. The fraction of sp³-hybridized carbons (Fsp3) is 0.467. The van der Waals surface area contributed by atoms with Crippen LogP contribution in [0.1, 0.15) is 36.8 Å². The van der Waals surface area contributed by atoms with Crippen molar-refractivity contribution in [3.63, 3.8) is 0 Å². The zero-order valence-electron chi connectivity index (χ0n) is 12.0. The van der Waals surface area contributed by atoms with Crippen LogP contribution in [0.25, 0.3) is 0 Å². The molecule has 0 amide bonds. The Bertz CT molecular complexity index is 510. The van der Waals surface area contributed by atoms with E-state index >= 15 is 0 Å². The number of nitrogens with one attached hydrogen (secondary N) is 1. The quantitative estimate of drug-likeness (QED) is 0.509. The molecule has 0 unspecified atom stereocenters. The largest absolute Gasteiger partial charge is 0.375 e. The summed E-state index contributed by atoms with van der Waals surface area (Å²) in [4.78, 5) is 2.33. The Morgan fingerprint density at radius 1 is 1.33 bits per heavy atom. The average Bonchev–Trinajstić information content (AvgIpc) is 2.70. The van der Waals surface area contributed by atoms with Gasteiger partial charge in [-0.1, -0.05) is 25.0 Å². The Balaban J connectivity index is 1.98. The van der Waals surface area contributed by atoms with Crippen LogP contribution >= 0.6 is 12.2 Å². The maximum atomic E-state index is 14.1. The highest BCUT2D eigenvalue weighted by Crippen LogP contribution is 2.16. The lowest BCUT2D eigenvalue weighted by molar-refractivity contribution is 0.273. The molecule has 114 valence electrons. The van der Waals surface area contributed by atoms with Gasteiger partial charge in [0.2, 0.25) is 0 Å². The lowest BCUT2D eigenvalue weighted by Crippen LogP contribution is -2.24. The number of nitrogens with two attached hydrogens (primary N) is 1. The Morgan fingerprint density at radius 3 is 2.67 bits per heavy atom. The summed E-state index contributed by atoms with van der Waals surface area (Å²) < 4.78 is 14.1. The molecule has 21 heavy (non-hydrogen) atoms. The van der Waals surface area contributed by atoms with Gasteiger partial charge in [-0.15, -0.1) is 0 Å². The topological polar surface area (TPSA) is 53.6 Å². The van der Waals surface area contributed by atoms with E-state index in [9.17, 15) is 4.39 Å². The van der Waals surface area contributed by atoms with Crippen molar-refractivity contribution < 1.29 is 4.39 Å². The lowest BCUT2D eigenvalue weighted by Gasteiger charge is -2.20. The van der Waals surface area contributed by atoms with Crippen LogP contribution in [0.5, 0.6) is 0 Å². The number of hydrogen-bond donors (Lipinski definition) is 2. The zero-order valence-corrected chi connectivity index (χ0v) is 12.8. The molecule has 0 atom stereocenters. The summed E-state index contributed by atoms with van der Waals surface area (Å²) in [5, 5.41) is 3.91. The van der Waals surface area contributed by atoms with Crippen molar-refractivity contribution in [1.29, 1.82) is 0 Å². The molecule has 2 rings (SSSR count). The number of nitrogens with zero attached hydrogens (tertiary/aromatic N) is 2. The van der Waals surface area contributed by atoms with Gasteiger partial charge in [0.15, 0.2) is 5.11 Å². The summed E-state index contributed by atoms with van der Waals surface area (Å²) in [6, 6.07) is 5.15. The zero-order chi connectivity index (χ0) is 15.1. The Hall–Kier alpha value is -1.53. The molecule has 1 aromatic carbocycles. The van der Waals surface area contributed by atoms with Crippen molar-refractivity contribution in [2.45, 2.75) is 32.2 Å². The number of likely N-dealkylation sites (tertiary alicyclic amines) is 1. The third kappa shape index (κ3) is 5.40. The molecular formula is C15H21FN4S. The summed E-state index contributed by atoms with van der Waals surface area (Å²) in [5.41, 5.74) is 9.11. The Kier molecular flexibility index (Phi) is 6.07. The minimum Gasteiger partial charge on any atom is -0.375 e. The number of benzene rings is 1. The molecule has 1 aromatic rings. The van der Waals surface area contributed by atoms with Crippen molar-refractivity contribution >= 4 is 23.5 Å². The van der Waals surface area contributed by atoms with E-state index in [0.29, 0.717) is 12.1 Å². The van der Waals surface area contributed by atoms with Crippen LogP contribution in [0.15, 0.2) is 23.3 Å². The summed E-state index contributed by atoms with van der Waals surface area (Å²) >= 11 is 4.63. The molecule has 3 N–H and O–H groups in total. The van der Waals surface area contributed by atoms with Gasteiger partial charge in [0, 0.05) is 12.1 Å². The number of hydrazone groups is 1.